The third-order valence-electron chi connectivity index (χ3n) is 3.49. The van der Waals surface area contributed by atoms with Crippen LogP contribution in [0.2, 0.25) is 0 Å². The van der Waals surface area contributed by atoms with Gasteiger partial charge in [-0.05, 0) is 18.6 Å². The van der Waals surface area contributed by atoms with E-state index in [2.05, 4.69) is 5.32 Å². The number of nitrogens with one attached hydrogen (secondary N) is 1. The average molecular weight is 292 g/mol. The van der Waals surface area contributed by atoms with Crippen LogP contribution >= 0.6 is 0 Å². The first kappa shape index (κ1) is 15.3. The number of methoxy groups -OCH3 is 2. The molecule has 2 rings (SSSR count). The largest absolute Gasteiger partial charge is 0.497 e. The molecule has 0 spiro atoms. The zero-order valence-electron chi connectivity index (χ0n) is 12.3. The quantitative estimate of drug-likeness (QED) is 0.622. The summed E-state index contributed by atoms with van der Waals surface area (Å²) in [6.45, 7) is 1.39. The molecule has 0 aromatic heterocycles. The second-order valence-corrected chi connectivity index (χ2v) is 4.82. The van der Waals surface area contributed by atoms with E-state index in [1.165, 1.54) is 0 Å². The summed E-state index contributed by atoms with van der Waals surface area (Å²) in [4.78, 5) is 26.0. The lowest BCUT2D eigenvalue weighted by atomic mass is 10.1. The second-order valence-electron chi connectivity index (χ2n) is 4.82. The Morgan fingerprint density at radius 1 is 1.43 bits per heavy atom. The van der Waals surface area contributed by atoms with Gasteiger partial charge < -0.3 is 19.7 Å². The van der Waals surface area contributed by atoms with Gasteiger partial charge in [-0.25, -0.2) is 0 Å². The number of carbonyl (C=O) groups excluding carboxylic acids is 2. The van der Waals surface area contributed by atoms with E-state index in [1.54, 1.807) is 25.2 Å². The number of nitrogens with zero attached hydrogens (tertiary/aromatic N) is 1. The van der Waals surface area contributed by atoms with Crippen LogP contribution in [0.3, 0.4) is 0 Å². The Hall–Kier alpha value is -2.08. The fourth-order valence-corrected chi connectivity index (χ4v) is 2.36. The SMILES string of the molecule is COCCNC(=O)[C@@H]1CCN(c2cccc(OC)c2)C1=O. The standard InChI is InChI=1S/C15H20N2O4/c1-20-9-7-16-14(18)13-6-8-17(15(13)19)11-4-3-5-12(10-11)21-2/h3-5,10,13H,6-9H2,1-2H3,(H,16,18)/t13-/m0/s1. The molecule has 1 aromatic rings. The lowest BCUT2D eigenvalue weighted by molar-refractivity contribution is -0.132. The second kappa shape index (κ2) is 7.08. The monoisotopic (exact) mass is 292 g/mol. The lowest BCUT2D eigenvalue weighted by Gasteiger charge is -2.17. The molecule has 1 atom stereocenters. The number of ether oxygens (including phenoxy) is 2. The zero-order valence-corrected chi connectivity index (χ0v) is 12.3. The highest BCUT2D eigenvalue weighted by Crippen LogP contribution is 2.27. The number of hydrogen-bond acceptors (Lipinski definition) is 4. The summed E-state index contributed by atoms with van der Waals surface area (Å²) in [5, 5.41) is 2.71. The number of carbonyl (C=O) groups is 2. The van der Waals surface area contributed by atoms with Gasteiger partial charge >= 0.3 is 0 Å². The Morgan fingerprint density at radius 3 is 2.95 bits per heavy atom. The number of amides is 2. The van der Waals surface area contributed by atoms with Crippen molar-refractivity contribution in [1.29, 1.82) is 0 Å². The zero-order chi connectivity index (χ0) is 15.2. The van der Waals surface area contributed by atoms with Crippen LogP contribution in [-0.4, -0.2) is 45.7 Å². The van der Waals surface area contributed by atoms with E-state index in [-0.39, 0.29) is 11.8 Å². The lowest BCUT2D eigenvalue weighted by Crippen LogP contribution is -2.38. The van der Waals surface area contributed by atoms with E-state index >= 15 is 0 Å². The molecule has 1 heterocycles. The van der Waals surface area contributed by atoms with E-state index in [0.29, 0.717) is 31.9 Å². The van der Waals surface area contributed by atoms with Gasteiger partial charge in [-0.2, -0.15) is 0 Å². The molecule has 6 nitrogen and oxygen atoms in total. The van der Waals surface area contributed by atoms with E-state index in [0.717, 1.165) is 5.69 Å². The number of benzene rings is 1. The number of hydrogen-bond donors (Lipinski definition) is 1. The maximum absolute atomic E-state index is 12.4. The summed E-state index contributed by atoms with van der Waals surface area (Å²) in [6, 6.07) is 7.28. The first-order valence-corrected chi connectivity index (χ1v) is 6.89. The molecule has 0 aliphatic carbocycles. The van der Waals surface area contributed by atoms with Gasteiger partial charge in [-0.3, -0.25) is 9.59 Å². The summed E-state index contributed by atoms with van der Waals surface area (Å²) < 4.78 is 10.0. The number of rotatable bonds is 6. The van der Waals surface area contributed by atoms with Crippen molar-refractivity contribution in [3.8, 4) is 5.75 Å². The van der Waals surface area contributed by atoms with Gasteiger partial charge in [0, 0.05) is 32.0 Å². The molecule has 0 bridgehead atoms. The average Bonchev–Trinajstić information content (AvgIpc) is 2.89. The number of anilines is 1. The van der Waals surface area contributed by atoms with Gasteiger partial charge in [-0.1, -0.05) is 6.07 Å². The molecular formula is C15H20N2O4. The van der Waals surface area contributed by atoms with Gasteiger partial charge in [0.1, 0.15) is 11.7 Å². The fraction of sp³-hybridized carbons (Fsp3) is 0.467. The minimum absolute atomic E-state index is 0.168. The molecule has 21 heavy (non-hydrogen) atoms. The Balaban J connectivity index is 2.02. The van der Waals surface area contributed by atoms with Crippen LogP contribution in [0.15, 0.2) is 24.3 Å². The van der Waals surface area contributed by atoms with E-state index in [9.17, 15) is 9.59 Å². The van der Waals surface area contributed by atoms with Crippen molar-refractivity contribution in [2.75, 3.05) is 38.8 Å². The molecular weight excluding hydrogens is 272 g/mol. The fourth-order valence-electron chi connectivity index (χ4n) is 2.36. The highest BCUT2D eigenvalue weighted by Gasteiger charge is 2.37. The third-order valence-corrected chi connectivity index (χ3v) is 3.49. The first-order chi connectivity index (χ1) is 10.2. The Bertz CT molecular complexity index is 518. The van der Waals surface area contributed by atoms with Crippen LogP contribution in [0.5, 0.6) is 5.75 Å². The van der Waals surface area contributed by atoms with Crippen LogP contribution in [0.25, 0.3) is 0 Å². The molecule has 6 heteroatoms. The van der Waals surface area contributed by atoms with Crippen LogP contribution in [0.1, 0.15) is 6.42 Å². The van der Waals surface area contributed by atoms with E-state index in [4.69, 9.17) is 9.47 Å². The van der Waals surface area contributed by atoms with E-state index < -0.39 is 5.92 Å². The molecule has 1 aromatic carbocycles. The van der Waals surface area contributed by atoms with Gasteiger partial charge in [-0.15, -0.1) is 0 Å². The van der Waals surface area contributed by atoms with Gasteiger partial charge in [0.25, 0.3) is 0 Å². The molecule has 1 fully saturated rings. The van der Waals surface area contributed by atoms with Crippen molar-refractivity contribution < 1.29 is 19.1 Å². The Kier molecular flexibility index (Phi) is 5.16. The molecule has 1 aliphatic heterocycles. The minimum Gasteiger partial charge on any atom is -0.497 e. The third kappa shape index (κ3) is 3.52. The smallest absolute Gasteiger partial charge is 0.239 e. The molecule has 1 saturated heterocycles. The van der Waals surface area contributed by atoms with Crippen LogP contribution in [0, 0.1) is 5.92 Å². The molecule has 0 unspecified atom stereocenters. The highest BCUT2D eigenvalue weighted by atomic mass is 16.5. The van der Waals surface area contributed by atoms with E-state index in [1.807, 2.05) is 18.2 Å². The summed E-state index contributed by atoms with van der Waals surface area (Å²) in [6.07, 6.45) is 0.523. The van der Waals surface area contributed by atoms with Gasteiger partial charge in [0.15, 0.2) is 0 Å². The summed E-state index contributed by atoms with van der Waals surface area (Å²) in [5.41, 5.74) is 0.756. The van der Waals surface area contributed by atoms with Crippen molar-refractivity contribution in [1.82, 2.24) is 5.32 Å². The molecule has 0 saturated carbocycles. The normalized spacial score (nSPS) is 17.9. The van der Waals surface area contributed by atoms with Crippen LogP contribution in [-0.2, 0) is 14.3 Å². The Morgan fingerprint density at radius 2 is 2.24 bits per heavy atom. The van der Waals surface area contributed by atoms with Crippen LogP contribution < -0.4 is 15.0 Å². The van der Waals surface area contributed by atoms with Crippen molar-refractivity contribution in [2.45, 2.75) is 6.42 Å². The molecule has 1 N–H and O–H groups in total. The van der Waals surface area contributed by atoms with Crippen molar-refractivity contribution in [2.24, 2.45) is 5.92 Å². The van der Waals surface area contributed by atoms with Gasteiger partial charge in [0.05, 0.1) is 13.7 Å². The molecule has 2 amide bonds. The molecule has 0 radical (unpaired) electrons. The molecule has 1 aliphatic rings. The summed E-state index contributed by atoms with van der Waals surface area (Å²) in [7, 11) is 3.15. The highest BCUT2D eigenvalue weighted by molar-refractivity contribution is 6.09. The van der Waals surface area contributed by atoms with Crippen molar-refractivity contribution in [3.05, 3.63) is 24.3 Å². The van der Waals surface area contributed by atoms with Crippen LogP contribution in [0.4, 0.5) is 5.69 Å². The van der Waals surface area contributed by atoms with Gasteiger partial charge in [0.2, 0.25) is 11.8 Å². The Labute approximate surface area is 124 Å². The predicted molar refractivity (Wildman–Crippen MR) is 78.3 cm³/mol. The summed E-state index contributed by atoms with van der Waals surface area (Å²) >= 11 is 0. The predicted octanol–water partition coefficient (Wildman–Crippen LogP) is 0.811. The first-order valence-electron chi connectivity index (χ1n) is 6.89. The molecule has 114 valence electrons. The summed E-state index contributed by atoms with van der Waals surface area (Å²) in [5.74, 6) is -0.332. The maximum Gasteiger partial charge on any atom is 0.239 e. The topological polar surface area (TPSA) is 67.9 Å². The van der Waals surface area contributed by atoms with Crippen molar-refractivity contribution >= 4 is 17.5 Å². The maximum atomic E-state index is 12.4. The minimum atomic E-state index is -0.618. The van der Waals surface area contributed by atoms with Crippen molar-refractivity contribution in [3.63, 3.8) is 0 Å².